The van der Waals surface area contributed by atoms with Crippen LogP contribution in [-0.4, -0.2) is 24.1 Å². The zero-order valence-corrected chi connectivity index (χ0v) is 13.6. The van der Waals surface area contributed by atoms with Gasteiger partial charge < -0.3 is 19.6 Å². The number of methoxy groups -OCH3 is 1. The normalized spacial score (nSPS) is 11.9. The molecule has 1 heterocycles. The molecule has 2 N–H and O–H groups in total. The van der Waals surface area contributed by atoms with Gasteiger partial charge in [-0.05, 0) is 23.8 Å². The molecule has 1 amide bonds. The first kappa shape index (κ1) is 16.6. The highest BCUT2D eigenvalue weighted by molar-refractivity contribution is 6.06. The van der Waals surface area contributed by atoms with E-state index in [0.29, 0.717) is 27.8 Å². The highest BCUT2D eigenvalue weighted by Crippen LogP contribution is 2.25. The fourth-order valence-corrected chi connectivity index (χ4v) is 2.67. The molecular formula is C19H17NO5. The van der Waals surface area contributed by atoms with E-state index in [4.69, 9.17) is 9.15 Å². The lowest BCUT2D eigenvalue weighted by molar-refractivity contribution is -0.137. The maximum Gasteiger partial charge on any atom is 0.305 e. The van der Waals surface area contributed by atoms with Gasteiger partial charge in [-0.1, -0.05) is 30.3 Å². The molecule has 0 saturated carbocycles. The smallest absolute Gasteiger partial charge is 0.305 e. The van der Waals surface area contributed by atoms with Crippen LogP contribution in [0.25, 0.3) is 11.0 Å². The van der Waals surface area contributed by atoms with Crippen molar-refractivity contribution >= 4 is 22.8 Å². The second-order valence-electron chi connectivity index (χ2n) is 5.55. The lowest BCUT2D eigenvalue weighted by Gasteiger charge is -2.18. The molecule has 0 aliphatic carbocycles. The van der Waals surface area contributed by atoms with Crippen molar-refractivity contribution < 1.29 is 23.8 Å². The number of hydrogen-bond donors (Lipinski definition) is 2. The summed E-state index contributed by atoms with van der Waals surface area (Å²) in [6.45, 7) is 0. The van der Waals surface area contributed by atoms with E-state index in [0.717, 1.165) is 0 Å². The van der Waals surface area contributed by atoms with Gasteiger partial charge in [0.05, 0.1) is 25.1 Å². The van der Waals surface area contributed by atoms with Crippen LogP contribution in [0.3, 0.4) is 0 Å². The number of amides is 1. The average molecular weight is 339 g/mol. The standard InChI is InChI=1S/C19H17NO5/c1-24-13-6-4-5-12(9-13)16(10-18(21)22)20-19(23)15-11-25-17-8-3-2-7-14(15)17/h2-9,11,16H,10H2,1H3,(H,20,23)(H,21,22). The quantitative estimate of drug-likeness (QED) is 0.718. The summed E-state index contributed by atoms with van der Waals surface area (Å²) >= 11 is 0. The summed E-state index contributed by atoms with van der Waals surface area (Å²) in [4.78, 5) is 23.9. The Morgan fingerprint density at radius 2 is 2.00 bits per heavy atom. The number of ether oxygens (including phenoxy) is 1. The number of carbonyl (C=O) groups is 2. The van der Waals surface area contributed by atoms with E-state index in [1.165, 1.54) is 13.4 Å². The zero-order chi connectivity index (χ0) is 17.8. The molecule has 0 fully saturated rings. The summed E-state index contributed by atoms with van der Waals surface area (Å²) in [7, 11) is 1.53. The summed E-state index contributed by atoms with van der Waals surface area (Å²) in [6.07, 6.45) is 1.14. The Labute approximate surface area is 144 Å². The predicted octanol–water partition coefficient (Wildman–Crippen LogP) is 3.39. The van der Waals surface area contributed by atoms with E-state index >= 15 is 0 Å². The van der Waals surface area contributed by atoms with Gasteiger partial charge in [0.15, 0.2) is 0 Å². The highest BCUT2D eigenvalue weighted by atomic mass is 16.5. The van der Waals surface area contributed by atoms with Crippen LogP contribution in [0.5, 0.6) is 5.75 Å². The minimum Gasteiger partial charge on any atom is -0.497 e. The maximum absolute atomic E-state index is 12.6. The van der Waals surface area contributed by atoms with Gasteiger partial charge in [-0.15, -0.1) is 0 Å². The minimum atomic E-state index is -1.01. The van der Waals surface area contributed by atoms with Gasteiger partial charge in [0, 0.05) is 5.39 Å². The first-order chi connectivity index (χ1) is 12.1. The number of aliphatic carboxylic acids is 1. The topological polar surface area (TPSA) is 88.8 Å². The molecule has 6 nitrogen and oxygen atoms in total. The largest absolute Gasteiger partial charge is 0.497 e. The molecule has 0 aliphatic heterocycles. The highest BCUT2D eigenvalue weighted by Gasteiger charge is 2.21. The molecule has 128 valence electrons. The monoisotopic (exact) mass is 339 g/mol. The number of fused-ring (bicyclic) bond motifs is 1. The van der Waals surface area contributed by atoms with E-state index in [-0.39, 0.29) is 12.3 Å². The van der Waals surface area contributed by atoms with Crippen molar-refractivity contribution in [2.24, 2.45) is 0 Å². The van der Waals surface area contributed by atoms with Gasteiger partial charge >= 0.3 is 5.97 Å². The van der Waals surface area contributed by atoms with Gasteiger partial charge in [-0.3, -0.25) is 9.59 Å². The molecule has 0 aliphatic rings. The predicted molar refractivity (Wildman–Crippen MR) is 91.7 cm³/mol. The molecule has 3 aromatic rings. The molecule has 0 spiro atoms. The number of hydrogen-bond acceptors (Lipinski definition) is 4. The third-order valence-corrected chi connectivity index (χ3v) is 3.91. The van der Waals surface area contributed by atoms with Crippen LogP contribution < -0.4 is 10.1 Å². The summed E-state index contributed by atoms with van der Waals surface area (Å²) in [5.41, 5.74) is 1.63. The maximum atomic E-state index is 12.6. The molecule has 0 bridgehead atoms. The van der Waals surface area contributed by atoms with Crippen LogP contribution in [0.4, 0.5) is 0 Å². The lowest BCUT2D eigenvalue weighted by atomic mass is 10.0. The van der Waals surface area contributed by atoms with Crippen LogP contribution in [-0.2, 0) is 4.79 Å². The third kappa shape index (κ3) is 3.63. The van der Waals surface area contributed by atoms with Gasteiger partial charge in [-0.25, -0.2) is 0 Å². The Hall–Kier alpha value is -3.28. The van der Waals surface area contributed by atoms with Gasteiger partial charge in [0.2, 0.25) is 0 Å². The first-order valence-corrected chi connectivity index (χ1v) is 7.71. The molecule has 1 atom stereocenters. The number of carboxylic acids is 1. The Morgan fingerprint density at radius 1 is 1.20 bits per heavy atom. The van der Waals surface area contributed by atoms with Crippen molar-refractivity contribution in [3.63, 3.8) is 0 Å². The van der Waals surface area contributed by atoms with Crippen LogP contribution >= 0.6 is 0 Å². The zero-order valence-electron chi connectivity index (χ0n) is 13.6. The van der Waals surface area contributed by atoms with Crippen molar-refractivity contribution in [3.8, 4) is 5.75 Å². The molecule has 1 unspecified atom stereocenters. The average Bonchev–Trinajstić information content (AvgIpc) is 3.05. The van der Waals surface area contributed by atoms with Crippen molar-refractivity contribution in [1.82, 2.24) is 5.32 Å². The van der Waals surface area contributed by atoms with E-state index in [9.17, 15) is 14.7 Å². The molecule has 6 heteroatoms. The Morgan fingerprint density at radius 3 is 2.76 bits per heavy atom. The van der Waals surface area contributed by atoms with Gasteiger partial charge in [0.25, 0.3) is 5.91 Å². The summed E-state index contributed by atoms with van der Waals surface area (Å²) in [6, 6.07) is 13.5. The fraction of sp³-hybridized carbons (Fsp3) is 0.158. The van der Waals surface area contributed by atoms with E-state index in [1.807, 2.05) is 12.1 Å². The Bertz CT molecular complexity index is 915. The van der Waals surface area contributed by atoms with Crippen molar-refractivity contribution in [2.75, 3.05) is 7.11 Å². The summed E-state index contributed by atoms with van der Waals surface area (Å²) in [5, 5.41) is 12.6. The van der Waals surface area contributed by atoms with E-state index in [2.05, 4.69) is 5.32 Å². The molecule has 1 aromatic heterocycles. The second-order valence-corrected chi connectivity index (χ2v) is 5.55. The number of nitrogens with one attached hydrogen (secondary N) is 1. The van der Waals surface area contributed by atoms with Crippen LogP contribution in [0.15, 0.2) is 59.2 Å². The van der Waals surface area contributed by atoms with Crippen molar-refractivity contribution in [3.05, 3.63) is 65.9 Å². The molecule has 3 rings (SSSR count). The SMILES string of the molecule is COc1cccc(C(CC(=O)O)NC(=O)c2coc3ccccc23)c1. The van der Waals surface area contributed by atoms with Crippen molar-refractivity contribution in [1.29, 1.82) is 0 Å². The first-order valence-electron chi connectivity index (χ1n) is 7.71. The van der Waals surface area contributed by atoms with Gasteiger partial charge in [0.1, 0.15) is 17.6 Å². The molecular weight excluding hydrogens is 322 g/mol. The summed E-state index contributed by atoms with van der Waals surface area (Å²) < 4.78 is 10.5. The number of benzene rings is 2. The molecule has 0 radical (unpaired) electrons. The number of para-hydroxylation sites is 1. The Kier molecular flexibility index (Phi) is 4.70. The van der Waals surface area contributed by atoms with Crippen LogP contribution in [0.2, 0.25) is 0 Å². The Balaban J connectivity index is 1.89. The number of carbonyl (C=O) groups excluding carboxylic acids is 1. The number of furan rings is 1. The number of carboxylic acid groups (broad SMARTS) is 1. The minimum absolute atomic E-state index is 0.241. The van der Waals surface area contributed by atoms with Crippen LogP contribution in [0, 0.1) is 0 Å². The third-order valence-electron chi connectivity index (χ3n) is 3.91. The molecule has 25 heavy (non-hydrogen) atoms. The molecule has 2 aromatic carbocycles. The van der Waals surface area contributed by atoms with Crippen molar-refractivity contribution in [2.45, 2.75) is 12.5 Å². The van der Waals surface area contributed by atoms with Gasteiger partial charge in [-0.2, -0.15) is 0 Å². The lowest BCUT2D eigenvalue weighted by Crippen LogP contribution is -2.30. The van der Waals surface area contributed by atoms with E-state index < -0.39 is 12.0 Å². The van der Waals surface area contributed by atoms with Crippen LogP contribution in [0.1, 0.15) is 28.4 Å². The fourth-order valence-electron chi connectivity index (χ4n) is 2.67. The van der Waals surface area contributed by atoms with E-state index in [1.54, 1.807) is 36.4 Å². The summed E-state index contributed by atoms with van der Waals surface area (Å²) in [5.74, 6) is -0.805. The molecule has 0 saturated heterocycles. The second kappa shape index (κ2) is 7.09. The number of rotatable bonds is 6.